The van der Waals surface area contributed by atoms with Crippen LogP contribution in [0.4, 0.5) is 0 Å². The maximum Gasteiger partial charge on any atom is 0.170 e. The van der Waals surface area contributed by atoms with Crippen LogP contribution in [0.1, 0.15) is 30.6 Å². The lowest BCUT2D eigenvalue weighted by molar-refractivity contribution is 0.0623. The third-order valence-electron chi connectivity index (χ3n) is 3.36. The summed E-state index contributed by atoms with van der Waals surface area (Å²) >= 11 is 0. The van der Waals surface area contributed by atoms with E-state index in [0.29, 0.717) is 12.0 Å². The number of carbonyl (C=O) groups excluding carboxylic acids is 1. The van der Waals surface area contributed by atoms with Crippen molar-refractivity contribution in [1.82, 2.24) is 0 Å². The molecule has 1 aliphatic rings. The van der Waals surface area contributed by atoms with Crippen LogP contribution in [0.25, 0.3) is 11.1 Å². The molecular weight excluding hydrogens is 236 g/mol. The van der Waals surface area contributed by atoms with Crippen LogP contribution in [0.3, 0.4) is 0 Å². The molecule has 0 radical (unpaired) electrons. The number of hydrogen-bond donors (Lipinski definition) is 0. The topological polar surface area (TPSA) is 26.3 Å². The molecule has 0 bridgehead atoms. The Morgan fingerprint density at radius 3 is 2.37 bits per heavy atom. The van der Waals surface area contributed by atoms with Crippen LogP contribution in [-0.4, -0.2) is 11.4 Å². The van der Waals surface area contributed by atoms with E-state index < -0.39 is 5.60 Å². The van der Waals surface area contributed by atoms with Crippen molar-refractivity contribution in [3.05, 3.63) is 54.1 Å². The van der Waals surface area contributed by atoms with Gasteiger partial charge in [-0.3, -0.25) is 4.79 Å². The highest BCUT2D eigenvalue weighted by Crippen LogP contribution is 2.40. The molecule has 2 heteroatoms. The molecule has 2 nitrogen and oxygen atoms in total. The van der Waals surface area contributed by atoms with Crippen molar-refractivity contribution >= 4 is 5.78 Å². The van der Waals surface area contributed by atoms with Crippen molar-refractivity contribution in [3.8, 4) is 16.9 Å². The first-order valence-corrected chi connectivity index (χ1v) is 6.47. The fraction of sp³-hybridized carbons (Fsp3) is 0.235. The number of Topliss-reactive ketones (excluding diaryl/α,β-unsaturated/α-hetero) is 1. The number of benzene rings is 2. The second-order valence-electron chi connectivity index (χ2n) is 5.51. The zero-order chi connectivity index (χ0) is 13.5. The molecule has 2 aromatic carbocycles. The van der Waals surface area contributed by atoms with Crippen LogP contribution in [0.5, 0.6) is 5.75 Å². The SMILES string of the molecule is CC1(C)CC(=O)c2cccc(-c3ccccc3)c2O1. The number of ketones is 1. The number of rotatable bonds is 1. The quantitative estimate of drug-likeness (QED) is 0.763. The Hall–Kier alpha value is -2.09. The number of ether oxygens (including phenoxy) is 1. The predicted octanol–water partition coefficient (Wildman–Crippen LogP) is 4.10. The first-order chi connectivity index (χ1) is 9.07. The van der Waals surface area contributed by atoms with Crippen molar-refractivity contribution in [2.75, 3.05) is 0 Å². The highest BCUT2D eigenvalue weighted by molar-refractivity contribution is 6.02. The van der Waals surface area contributed by atoms with Crippen LogP contribution in [0.2, 0.25) is 0 Å². The Labute approximate surface area is 113 Å². The second kappa shape index (κ2) is 4.23. The minimum Gasteiger partial charge on any atom is -0.486 e. The standard InChI is InChI=1S/C17H16O2/c1-17(2)11-15(18)14-10-6-9-13(16(14)19-17)12-7-4-3-5-8-12/h3-10H,11H2,1-2H3. The van der Waals surface area contributed by atoms with E-state index in [2.05, 4.69) is 0 Å². The Morgan fingerprint density at radius 2 is 1.63 bits per heavy atom. The van der Waals surface area contributed by atoms with Gasteiger partial charge in [0.05, 0.1) is 12.0 Å². The van der Waals surface area contributed by atoms with Crippen LogP contribution in [0, 0.1) is 0 Å². The molecule has 0 amide bonds. The van der Waals surface area contributed by atoms with E-state index in [9.17, 15) is 4.79 Å². The molecule has 0 aromatic heterocycles. The van der Waals surface area contributed by atoms with Crippen LogP contribution in [0.15, 0.2) is 48.5 Å². The molecule has 0 saturated heterocycles. The lowest BCUT2D eigenvalue weighted by Gasteiger charge is -2.32. The Balaban J connectivity index is 2.19. The van der Waals surface area contributed by atoms with Gasteiger partial charge >= 0.3 is 0 Å². The van der Waals surface area contributed by atoms with E-state index in [4.69, 9.17) is 4.74 Å². The van der Waals surface area contributed by atoms with Gasteiger partial charge in [0, 0.05) is 5.56 Å². The third kappa shape index (κ3) is 2.14. The van der Waals surface area contributed by atoms with Crippen molar-refractivity contribution in [3.63, 3.8) is 0 Å². The monoisotopic (exact) mass is 252 g/mol. The summed E-state index contributed by atoms with van der Waals surface area (Å²) in [5.41, 5.74) is 2.32. The number of hydrogen-bond acceptors (Lipinski definition) is 2. The van der Waals surface area contributed by atoms with Gasteiger partial charge in [0.15, 0.2) is 5.78 Å². The summed E-state index contributed by atoms with van der Waals surface area (Å²) in [5.74, 6) is 0.874. The number of fused-ring (bicyclic) bond motifs is 1. The van der Waals surface area contributed by atoms with Gasteiger partial charge in [0.25, 0.3) is 0 Å². The van der Waals surface area contributed by atoms with E-state index in [-0.39, 0.29) is 5.78 Å². The molecule has 2 aromatic rings. The summed E-state index contributed by atoms with van der Waals surface area (Å²) < 4.78 is 6.05. The summed E-state index contributed by atoms with van der Waals surface area (Å²) in [6, 6.07) is 15.8. The molecule has 0 N–H and O–H groups in total. The summed E-state index contributed by atoms with van der Waals surface area (Å²) in [4.78, 5) is 12.2. The van der Waals surface area contributed by atoms with E-state index in [0.717, 1.165) is 16.9 Å². The van der Waals surface area contributed by atoms with Crippen molar-refractivity contribution in [1.29, 1.82) is 0 Å². The number of para-hydroxylation sites is 1. The third-order valence-corrected chi connectivity index (χ3v) is 3.36. The second-order valence-corrected chi connectivity index (χ2v) is 5.51. The minimum absolute atomic E-state index is 0.157. The average Bonchev–Trinajstić information content (AvgIpc) is 2.38. The molecular formula is C17H16O2. The fourth-order valence-corrected chi connectivity index (χ4v) is 2.51. The van der Waals surface area contributed by atoms with Gasteiger partial charge in [-0.1, -0.05) is 42.5 Å². The highest BCUT2D eigenvalue weighted by Gasteiger charge is 2.33. The van der Waals surface area contributed by atoms with Gasteiger partial charge in [-0.2, -0.15) is 0 Å². The van der Waals surface area contributed by atoms with E-state index in [1.165, 1.54) is 0 Å². The van der Waals surface area contributed by atoms with Crippen molar-refractivity contribution in [2.45, 2.75) is 25.9 Å². The summed E-state index contributed by atoms with van der Waals surface area (Å²) in [6.07, 6.45) is 0.429. The van der Waals surface area contributed by atoms with Gasteiger partial charge in [-0.15, -0.1) is 0 Å². The predicted molar refractivity (Wildman–Crippen MR) is 75.5 cm³/mol. The first-order valence-electron chi connectivity index (χ1n) is 6.47. The van der Waals surface area contributed by atoms with Crippen molar-refractivity contribution in [2.24, 2.45) is 0 Å². The molecule has 0 aliphatic carbocycles. The summed E-state index contributed by atoms with van der Waals surface area (Å²) in [6.45, 7) is 3.91. The van der Waals surface area contributed by atoms with Crippen LogP contribution in [-0.2, 0) is 0 Å². The van der Waals surface area contributed by atoms with Gasteiger partial charge in [-0.05, 0) is 25.5 Å². The zero-order valence-electron chi connectivity index (χ0n) is 11.1. The van der Waals surface area contributed by atoms with Crippen molar-refractivity contribution < 1.29 is 9.53 Å². The first kappa shape index (κ1) is 12.0. The largest absolute Gasteiger partial charge is 0.486 e. The molecule has 0 atom stereocenters. The van der Waals surface area contributed by atoms with Crippen LogP contribution < -0.4 is 4.74 Å². The molecule has 19 heavy (non-hydrogen) atoms. The summed E-state index contributed by atoms with van der Waals surface area (Å²) in [5, 5.41) is 0. The molecule has 96 valence electrons. The lowest BCUT2D eigenvalue weighted by Crippen LogP contribution is -2.36. The normalized spacial score (nSPS) is 16.6. The molecule has 0 saturated carbocycles. The van der Waals surface area contributed by atoms with Gasteiger partial charge in [0.1, 0.15) is 11.4 Å². The van der Waals surface area contributed by atoms with Crippen LogP contribution >= 0.6 is 0 Å². The number of carbonyl (C=O) groups is 1. The smallest absolute Gasteiger partial charge is 0.170 e. The molecule has 0 fully saturated rings. The van der Waals surface area contributed by atoms with E-state index >= 15 is 0 Å². The zero-order valence-corrected chi connectivity index (χ0v) is 11.1. The molecule has 0 unspecified atom stereocenters. The van der Waals surface area contributed by atoms with Gasteiger partial charge in [-0.25, -0.2) is 0 Å². The minimum atomic E-state index is -0.436. The molecule has 1 aliphatic heterocycles. The molecule has 1 heterocycles. The summed E-state index contributed by atoms with van der Waals surface area (Å²) in [7, 11) is 0. The highest BCUT2D eigenvalue weighted by atomic mass is 16.5. The Bertz CT molecular complexity index is 627. The lowest BCUT2D eigenvalue weighted by atomic mass is 9.90. The Morgan fingerprint density at radius 1 is 0.947 bits per heavy atom. The Kier molecular flexibility index (Phi) is 2.67. The maximum absolute atomic E-state index is 12.2. The van der Waals surface area contributed by atoms with E-state index in [1.54, 1.807) is 0 Å². The molecule has 3 rings (SSSR count). The molecule has 0 spiro atoms. The van der Waals surface area contributed by atoms with E-state index in [1.807, 2.05) is 62.4 Å². The fourth-order valence-electron chi connectivity index (χ4n) is 2.51. The van der Waals surface area contributed by atoms with Gasteiger partial charge in [0.2, 0.25) is 0 Å². The maximum atomic E-state index is 12.2. The average molecular weight is 252 g/mol. The van der Waals surface area contributed by atoms with Gasteiger partial charge < -0.3 is 4.74 Å².